The van der Waals surface area contributed by atoms with Gasteiger partial charge in [-0.15, -0.1) is 11.3 Å². The minimum absolute atomic E-state index is 0.236. The molecule has 0 aliphatic rings. The zero-order valence-corrected chi connectivity index (χ0v) is 9.02. The van der Waals surface area contributed by atoms with Crippen molar-refractivity contribution < 1.29 is 23.1 Å². The fraction of sp³-hybridized carbons (Fsp3) is 0.500. The first kappa shape index (κ1) is 12.9. The number of carbonyl (C=O) groups is 1. The maximum absolute atomic E-state index is 12.5. The number of aliphatic carboxylic acids is 1. The summed E-state index contributed by atoms with van der Waals surface area (Å²) in [6.45, 7) is 0.350. The number of nitrogens with zero attached hydrogens (tertiary/aromatic N) is 1. The van der Waals surface area contributed by atoms with E-state index in [0.717, 1.165) is 11.3 Å². The Morgan fingerprint density at radius 2 is 2.25 bits per heavy atom. The van der Waals surface area contributed by atoms with Crippen molar-refractivity contribution in [3.63, 3.8) is 0 Å². The van der Waals surface area contributed by atoms with Crippen molar-refractivity contribution in [3.05, 3.63) is 16.6 Å². The predicted octanol–water partition coefficient (Wildman–Crippen LogP) is 1.64. The maximum atomic E-state index is 12.5. The van der Waals surface area contributed by atoms with Crippen molar-refractivity contribution in [1.29, 1.82) is 0 Å². The third-order valence-corrected chi connectivity index (χ3v) is 2.85. The molecule has 0 saturated carbocycles. The molecule has 2 N–H and O–H groups in total. The summed E-state index contributed by atoms with van der Waals surface area (Å²) in [6, 6.07) is 0. The van der Waals surface area contributed by atoms with Crippen LogP contribution in [0.15, 0.2) is 11.6 Å². The number of aromatic nitrogens is 1. The fourth-order valence-electron chi connectivity index (χ4n) is 0.890. The van der Waals surface area contributed by atoms with E-state index in [9.17, 15) is 18.0 Å². The Morgan fingerprint density at radius 1 is 1.62 bits per heavy atom. The molecule has 0 amide bonds. The molecule has 0 aromatic carbocycles. The van der Waals surface area contributed by atoms with Crippen molar-refractivity contribution >= 4 is 17.3 Å². The fourth-order valence-corrected chi connectivity index (χ4v) is 1.45. The van der Waals surface area contributed by atoms with Gasteiger partial charge in [0.15, 0.2) is 0 Å². The Balaban J connectivity index is 2.77. The molecule has 0 aliphatic carbocycles. The number of halogens is 3. The van der Waals surface area contributed by atoms with Crippen molar-refractivity contribution in [1.82, 2.24) is 10.3 Å². The van der Waals surface area contributed by atoms with Crippen LogP contribution in [0.1, 0.15) is 11.9 Å². The lowest BCUT2D eigenvalue weighted by molar-refractivity contribution is -0.206. The second-order valence-electron chi connectivity index (χ2n) is 3.21. The van der Waals surface area contributed by atoms with E-state index in [4.69, 9.17) is 5.11 Å². The van der Waals surface area contributed by atoms with Crippen molar-refractivity contribution in [2.45, 2.75) is 25.2 Å². The molecule has 90 valence electrons. The molecule has 1 rings (SSSR count). The van der Waals surface area contributed by atoms with Gasteiger partial charge in [-0.25, -0.2) is 9.78 Å². The normalized spacial score (nSPS) is 15.8. The largest absolute Gasteiger partial charge is 0.480 e. The standard InChI is InChI=1S/C8H9F3N2O2S/c1-7(6(14)15,8(9,10)11)13-4-5-12-2-3-16-5/h2-3,13H,4H2,1H3,(H,14,15). The summed E-state index contributed by atoms with van der Waals surface area (Å²) in [7, 11) is 0. The minimum atomic E-state index is -4.86. The van der Waals surface area contributed by atoms with Crippen LogP contribution in [0.3, 0.4) is 0 Å². The molecule has 4 nitrogen and oxygen atoms in total. The Morgan fingerprint density at radius 3 is 2.62 bits per heavy atom. The van der Waals surface area contributed by atoms with Crippen molar-refractivity contribution in [2.75, 3.05) is 0 Å². The van der Waals surface area contributed by atoms with Crippen LogP contribution in [0.25, 0.3) is 0 Å². The molecule has 0 fully saturated rings. The van der Waals surface area contributed by atoms with Gasteiger partial charge in [0.1, 0.15) is 5.01 Å². The molecule has 0 saturated heterocycles. The summed E-state index contributed by atoms with van der Waals surface area (Å²) in [6.07, 6.45) is -3.43. The molecule has 1 aromatic heterocycles. The monoisotopic (exact) mass is 254 g/mol. The molecule has 0 aliphatic heterocycles. The molecule has 1 heterocycles. The van der Waals surface area contributed by atoms with Crippen LogP contribution in [-0.2, 0) is 11.3 Å². The van der Waals surface area contributed by atoms with E-state index >= 15 is 0 Å². The van der Waals surface area contributed by atoms with Gasteiger partial charge in [-0.05, 0) is 6.92 Å². The van der Waals surface area contributed by atoms with Crippen LogP contribution in [0.4, 0.5) is 13.2 Å². The van der Waals surface area contributed by atoms with E-state index in [1.54, 1.807) is 5.38 Å². The quantitative estimate of drug-likeness (QED) is 0.857. The van der Waals surface area contributed by atoms with Crippen LogP contribution in [0.5, 0.6) is 0 Å². The van der Waals surface area contributed by atoms with Crippen LogP contribution < -0.4 is 5.32 Å². The first-order valence-electron chi connectivity index (χ1n) is 4.21. The van der Waals surface area contributed by atoms with Crippen LogP contribution in [0.2, 0.25) is 0 Å². The van der Waals surface area contributed by atoms with Gasteiger partial charge < -0.3 is 5.11 Å². The van der Waals surface area contributed by atoms with Gasteiger partial charge in [0.25, 0.3) is 0 Å². The number of alkyl halides is 3. The third-order valence-electron chi connectivity index (χ3n) is 2.07. The maximum Gasteiger partial charge on any atom is 0.417 e. The SMILES string of the molecule is CC(NCc1nccs1)(C(=O)O)C(F)(F)F. The van der Waals surface area contributed by atoms with Crippen LogP contribution in [0, 0.1) is 0 Å². The number of nitrogens with one attached hydrogen (secondary N) is 1. The summed E-state index contributed by atoms with van der Waals surface area (Å²) in [5.41, 5.74) is -2.96. The van der Waals surface area contributed by atoms with E-state index < -0.39 is 17.7 Å². The van der Waals surface area contributed by atoms with E-state index in [0.29, 0.717) is 11.9 Å². The summed E-state index contributed by atoms with van der Waals surface area (Å²) in [5, 5.41) is 12.6. The van der Waals surface area contributed by atoms with Crippen molar-refractivity contribution in [2.24, 2.45) is 0 Å². The van der Waals surface area contributed by atoms with Gasteiger partial charge in [-0.3, -0.25) is 5.32 Å². The molecule has 16 heavy (non-hydrogen) atoms. The molecule has 1 atom stereocenters. The van der Waals surface area contributed by atoms with Gasteiger partial charge in [-0.2, -0.15) is 13.2 Å². The third kappa shape index (κ3) is 2.50. The van der Waals surface area contributed by atoms with Gasteiger partial charge >= 0.3 is 12.1 Å². The highest BCUT2D eigenvalue weighted by Crippen LogP contribution is 2.30. The summed E-state index contributed by atoms with van der Waals surface area (Å²) >= 11 is 1.15. The van der Waals surface area contributed by atoms with E-state index in [-0.39, 0.29) is 6.54 Å². The molecule has 8 heteroatoms. The van der Waals surface area contributed by atoms with Gasteiger partial charge in [0.05, 0.1) is 0 Å². The molecule has 1 aromatic rings. The van der Waals surface area contributed by atoms with Crippen LogP contribution >= 0.6 is 11.3 Å². The second-order valence-corrected chi connectivity index (χ2v) is 4.19. The number of carboxylic acid groups (broad SMARTS) is 1. The predicted molar refractivity (Wildman–Crippen MR) is 51.0 cm³/mol. The molecule has 0 radical (unpaired) electrons. The highest BCUT2D eigenvalue weighted by Gasteiger charge is 2.57. The lowest BCUT2D eigenvalue weighted by Gasteiger charge is -2.28. The molecule has 0 spiro atoms. The smallest absolute Gasteiger partial charge is 0.417 e. The van der Waals surface area contributed by atoms with E-state index in [1.807, 2.05) is 5.32 Å². The first-order chi connectivity index (χ1) is 7.27. The zero-order valence-electron chi connectivity index (χ0n) is 8.21. The number of thiazole rings is 1. The number of carboxylic acids is 1. The zero-order chi connectivity index (χ0) is 12.4. The van der Waals surface area contributed by atoms with Gasteiger partial charge in [-0.1, -0.05) is 0 Å². The summed E-state index contributed by atoms with van der Waals surface area (Å²) in [4.78, 5) is 14.4. The molecule has 1 unspecified atom stereocenters. The Hall–Kier alpha value is -1.15. The molecule has 0 bridgehead atoms. The van der Waals surface area contributed by atoms with E-state index in [1.165, 1.54) is 6.20 Å². The molecular weight excluding hydrogens is 245 g/mol. The average Bonchev–Trinajstić information content (AvgIpc) is 2.64. The molecular formula is C8H9F3N2O2S. The van der Waals surface area contributed by atoms with Crippen LogP contribution in [-0.4, -0.2) is 27.8 Å². The van der Waals surface area contributed by atoms with Gasteiger partial charge in [0.2, 0.25) is 5.54 Å². The lowest BCUT2D eigenvalue weighted by Crippen LogP contribution is -2.59. The summed E-state index contributed by atoms with van der Waals surface area (Å²) in [5.74, 6) is -1.96. The highest BCUT2D eigenvalue weighted by molar-refractivity contribution is 7.09. The number of hydrogen-bond donors (Lipinski definition) is 2. The lowest BCUT2D eigenvalue weighted by atomic mass is 10.0. The Bertz CT molecular complexity index is 366. The average molecular weight is 254 g/mol. The Labute approximate surface area is 93.1 Å². The number of hydrogen-bond acceptors (Lipinski definition) is 4. The van der Waals surface area contributed by atoms with Crippen molar-refractivity contribution in [3.8, 4) is 0 Å². The number of rotatable bonds is 4. The summed E-state index contributed by atoms with van der Waals surface area (Å²) < 4.78 is 37.6. The first-order valence-corrected chi connectivity index (χ1v) is 5.09. The second kappa shape index (κ2) is 4.38. The van der Waals surface area contributed by atoms with Gasteiger partial charge in [0, 0.05) is 18.1 Å². The Kier molecular flexibility index (Phi) is 3.54. The topological polar surface area (TPSA) is 62.2 Å². The van der Waals surface area contributed by atoms with E-state index in [2.05, 4.69) is 4.98 Å². The minimum Gasteiger partial charge on any atom is -0.480 e. The highest BCUT2D eigenvalue weighted by atomic mass is 32.1.